The lowest BCUT2D eigenvalue weighted by atomic mass is 10.1. The van der Waals surface area contributed by atoms with Crippen LogP contribution in [-0.4, -0.2) is 25.3 Å². The quantitative estimate of drug-likeness (QED) is 0.354. The number of nitrogens with one attached hydrogen (secondary N) is 2. The predicted molar refractivity (Wildman–Crippen MR) is 129 cm³/mol. The average molecular weight is 413 g/mol. The third-order valence-electron chi connectivity index (χ3n) is 5.57. The minimum absolute atomic E-state index is 0.452. The van der Waals surface area contributed by atoms with Gasteiger partial charge in [-0.1, -0.05) is 27.7 Å². The van der Waals surface area contributed by atoms with Crippen molar-refractivity contribution in [3.63, 3.8) is 0 Å². The number of hydrogen-bond acceptors (Lipinski definition) is 4. The van der Waals surface area contributed by atoms with Crippen molar-refractivity contribution in [2.45, 2.75) is 66.5 Å². The highest BCUT2D eigenvalue weighted by atomic mass is 16.5. The molecule has 0 bridgehead atoms. The maximum atomic E-state index is 5.85. The lowest BCUT2D eigenvalue weighted by molar-refractivity contribution is 0.266. The van der Waals surface area contributed by atoms with E-state index in [1.807, 2.05) is 24.3 Å². The zero-order chi connectivity index (χ0) is 21.9. The number of hydrogen-bond donors (Lipinski definition) is 2. The molecule has 2 aromatic rings. The summed E-state index contributed by atoms with van der Waals surface area (Å²) in [7, 11) is 0. The Balaban J connectivity index is 1.60. The van der Waals surface area contributed by atoms with Crippen molar-refractivity contribution >= 4 is 11.4 Å². The van der Waals surface area contributed by atoms with E-state index in [0.29, 0.717) is 37.1 Å². The van der Waals surface area contributed by atoms with E-state index < -0.39 is 0 Å². The predicted octanol–water partition coefficient (Wildman–Crippen LogP) is 6.84. The molecule has 0 aliphatic carbocycles. The fourth-order valence-corrected chi connectivity index (χ4v) is 2.74. The lowest BCUT2D eigenvalue weighted by Crippen LogP contribution is -2.21. The monoisotopic (exact) mass is 412 g/mol. The van der Waals surface area contributed by atoms with Crippen molar-refractivity contribution in [1.29, 1.82) is 0 Å². The summed E-state index contributed by atoms with van der Waals surface area (Å²) < 4.78 is 11.7. The van der Waals surface area contributed by atoms with E-state index in [9.17, 15) is 0 Å². The van der Waals surface area contributed by atoms with Gasteiger partial charge in [0.05, 0.1) is 13.2 Å². The van der Waals surface area contributed by atoms with Gasteiger partial charge in [-0.05, 0) is 87.1 Å². The summed E-state index contributed by atoms with van der Waals surface area (Å²) in [5, 5.41) is 7.02. The maximum Gasteiger partial charge on any atom is 0.119 e. The van der Waals surface area contributed by atoms with Gasteiger partial charge in [0.2, 0.25) is 0 Å². The van der Waals surface area contributed by atoms with E-state index in [1.165, 1.54) is 0 Å². The average Bonchev–Trinajstić information content (AvgIpc) is 2.72. The largest absolute Gasteiger partial charge is 0.494 e. The smallest absolute Gasteiger partial charge is 0.119 e. The van der Waals surface area contributed by atoms with Gasteiger partial charge in [0.15, 0.2) is 0 Å². The van der Waals surface area contributed by atoms with Gasteiger partial charge in [-0.25, -0.2) is 0 Å². The van der Waals surface area contributed by atoms with Crippen LogP contribution in [0.3, 0.4) is 0 Å². The molecule has 2 aromatic carbocycles. The Morgan fingerprint density at radius 2 is 0.900 bits per heavy atom. The van der Waals surface area contributed by atoms with Gasteiger partial charge in [-0.2, -0.15) is 0 Å². The van der Waals surface area contributed by atoms with Gasteiger partial charge >= 0.3 is 0 Å². The third kappa shape index (κ3) is 8.56. The molecule has 0 aliphatic rings. The molecule has 0 saturated heterocycles. The van der Waals surface area contributed by atoms with Gasteiger partial charge in [-0.15, -0.1) is 0 Å². The van der Waals surface area contributed by atoms with Crippen LogP contribution in [0.15, 0.2) is 48.5 Å². The number of ether oxygens (including phenoxy) is 2. The Hall–Kier alpha value is -2.36. The first-order valence-corrected chi connectivity index (χ1v) is 11.3. The van der Waals surface area contributed by atoms with Crippen molar-refractivity contribution < 1.29 is 9.47 Å². The lowest BCUT2D eigenvalue weighted by Gasteiger charge is -2.19. The van der Waals surface area contributed by atoms with E-state index in [0.717, 1.165) is 35.7 Å². The molecule has 0 radical (unpaired) electrons. The van der Waals surface area contributed by atoms with Gasteiger partial charge in [-0.3, -0.25) is 0 Å². The van der Waals surface area contributed by atoms with Gasteiger partial charge in [0.1, 0.15) is 11.5 Å². The second-order valence-corrected chi connectivity index (χ2v) is 8.81. The van der Waals surface area contributed by atoms with Crippen molar-refractivity contribution in [3.05, 3.63) is 48.5 Å². The van der Waals surface area contributed by atoms with Crippen molar-refractivity contribution in [1.82, 2.24) is 0 Å². The van der Waals surface area contributed by atoms with E-state index >= 15 is 0 Å². The number of unbranched alkanes of at least 4 members (excludes halogenated alkanes) is 1. The number of anilines is 2. The summed E-state index contributed by atoms with van der Waals surface area (Å²) in [5.41, 5.74) is 2.27. The standard InChI is InChI=1S/C26H40N2O2/c1-19(2)21(5)27-23-9-13-25(14-10-23)29-17-7-8-18-30-26-15-11-24(12-16-26)28-22(6)20(3)4/h9-16,19-22,27-28H,7-8,17-18H2,1-6H3. The minimum Gasteiger partial charge on any atom is -0.494 e. The summed E-state index contributed by atoms with van der Waals surface area (Å²) in [6.07, 6.45) is 1.94. The molecule has 0 saturated carbocycles. The molecule has 0 heterocycles. The topological polar surface area (TPSA) is 42.5 Å². The van der Waals surface area contributed by atoms with Crippen LogP contribution in [0.4, 0.5) is 11.4 Å². The Morgan fingerprint density at radius 1 is 0.567 bits per heavy atom. The molecule has 2 unspecified atom stereocenters. The Labute approximate surface area is 183 Å². The zero-order valence-electron chi connectivity index (χ0n) is 19.6. The fraction of sp³-hybridized carbons (Fsp3) is 0.538. The number of rotatable bonds is 13. The third-order valence-corrected chi connectivity index (χ3v) is 5.57. The van der Waals surface area contributed by atoms with Crippen LogP contribution >= 0.6 is 0 Å². The molecule has 166 valence electrons. The molecule has 2 N–H and O–H groups in total. The first-order valence-electron chi connectivity index (χ1n) is 11.3. The summed E-state index contributed by atoms with van der Waals surface area (Å²) in [4.78, 5) is 0. The number of benzene rings is 2. The highest BCUT2D eigenvalue weighted by Crippen LogP contribution is 2.19. The van der Waals surface area contributed by atoms with Crippen LogP contribution in [0.25, 0.3) is 0 Å². The fourth-order valence-electron chi connectivity index (χ4n) is 2.74. The Kier molecular flexibility index (Phi) is 9.85. The molecule has 4 nitrogen and oxygen atoms in total. The molecule has 2 rings (SSSR count). The van der Waals surface area contributed by atoms with Crippen molar-refractivity contribution in [3.8, 4) is 11.5 Å². The molecule has 0 amide bonds. The zero-order valence-corrected chi connectivity index (χ0v) is 19.6. The summed E-state index contributed by atoms with van der Waals surface area (Å²) in [5.74, 6) is 3.03. The molecule has 0 spiro atoms. The van der Waals surface area contributed by atoms with Crippen LogP contribution < -0.4 is 20.1 Å². The Bertz CT molecular complexity index is 647. The molecule has 0 aromatic heterocycles. The van der Waals surface area contributed by atoms with Crippen LogP contribution in [0.2, 0.25) is 0 Å². The second-order valence-electron chi connectivity index (χ2n) is 8.81. The Morgan fingerprint density at radius 3 is 1.20 bits per heavy atom. The van der Waals surface area contributed by atoms with Gasteiger partial charge < -0.3 is 20.1 Å². The molecular weight excluding hydrogens is 372 g/mol. The van der Waals surface area contributed by atoms with E-state index in [4.69, 9.17) is 9.47 Å². The van der Waals surface area contributed by atoms with Crippen LogP contribution in [-0.2, 0) is 0 Å². The van der Waals surface area contributed by atoms with E-state index in [2.05, 4.69) is 76.4 Å². The summed E-state index contributed by atoms with van der Waals surface area (Å²) in [6, 6.07) is 17.3. The normalized spacial score (nSPS) is 13.2. The minimum atomic E-state index is 0.452. The molecule has 4 heteroatoms. The first kappa shape index (κ1) is 23.9. The summed E-state index contributed by atoms with van der Waals surface area (Å²) in [6.45, 7) is 14.7. The maximum absolute atomic E-state index is 5.85. The molecule has 0 fully saturated rings. The highest BCUT2D eigenvalue weighted by molar-refractivity contribution is 5.47. The highest BCUT2D eigenvalue weighted by Gasteiger charge is 2.07. The van der Waals surface area contributed by atoms with Crippen molar-refractivity contribution in [2.24, 2.45) is 11.8 Å². The second kappa shape index (κ2) is 12.4. The van der Waals surface area contributed by atoms with E-state index in [-0.39, 0.29) is 0 Å². The van der Waals surface area contributed by atoms with Crippen molar-refractivity contribution in [2.75, 3.05) is 23.8 Å². The molecular formula is C26H40N2O2. The van der Waals surface area contributed by atoms with Gasteiger partial charge in [0.25, 0.3) is 0 Å². The SMILES string of the molecule is CC(C)C(C)Nc1ccc(OCCCCOc2ccc(NC(C)C(C)C)cc2)cc1. The van der Waals surface area contributed by atoms with Crippen LogP contribution in [0, 0.1) is 11.8 Å². The van der Waals surface area contributed by atoms with Gasteiger partial charge in [0, 0.05) is 23.5 Å². The van der Waals surface area contributed by atoms with E-state index in [1.54, 1.807) is 0 Å². The first-order chi connectivity index (χ1) is 14.3. The molecule has 0 aliphatic heterocycles. The molecule has 30 heavy (non-hydrogen) atoms. The van der Waals surface area contributed by atoms with Crippen LogP contribution in [0.5, 0.6) is 11.5 Å². The summed E-state index contributed by atoms with van der Waals surface area (Å²) >= 11 is 0. The molecule has 2 atom stereocenters. The van der Waals surface area contributed by atoms with Crippen LogP contribution in [0.1, 0.15) is 54.4 Å².